The Morgan fingerprint density at radius 3 is 3.14 bits per heavy atom. The summed E-state index contributed by atoms with van der Waals surface area (Å²) in [7, 11) is 1.34. The number of rotatable bonds is 1. The Morgan fingerprint density at radius 1 is 1.64 bits per heavy atom. The number of carbonyl (C=O) groups is 1. The van der Waals surface area contributed by atoms with E-state index in [2.05, 4.69) is 30.6 Å². The summed E-state index contributed by atoms with van der Waals surface area (Å²) in [6, 6.07) is 1.71. The van der Waals surface area contributed by atoms with Gasteiger partial charge >= 0.3 is 5.97 Å². The van der Waals surface area contributed by atoms with Crippen LogP contribution in [0.4, 0.5) is 0 Å². The van der Waals surface area contributed by atoms with E-state index < -0.39 is 0 Å². The van der Waals surface area contributed by atoms with Crippen LogP contribution in [0.5, 0.6) is 0 Å². The predicted molar refractivity (Wildman–Crippen MR) is 55.1 cm³/mol. The van der Waals surface area contributed by atoms with Gasteiger partial charge in [-0.2, -0.15) is 0 Å². The molecule has 1 N–H and O–H groups in total. The second-order valence-corrected chi connectivity index (χ2v) is 3.60. The van der Waals surface area contributed by atoms with Crippen molar-refractivity contribution in [2.45, 2.75) is 0 Å². The number of H-pyrrole nitrogens is 1. The van der Waals surface area contributed by atoms with E-state index in [1.807, 2.05) is 0 Å². The summed E-state index contributed by atoms with van der Waals surface area (Å²) in [5.74, 6) is -0.384. The van der Waals surface area contributed by atoms with Crippen molar-refractivity contribution in [2.24, 2.45) is 0 Å². The highest BCUT2D eigenvalue weighted by atomic mass is 79.9. The van der Waals surface area contributed by atoms with Gasteiger partial charge in [-0.15, -0.1) is 0 Å². The van der Waals surface area contributed by atoms with Crippen molar-refractivity contribution >= 4 is 32.9 Å². The fraction of sp³-hybridized carbons (Fsp3) is 0.111. The van der Waals surface area contributed by atoms with E-state index in [1.54, 1.807) is 12.3 Å². The van der Waals surface area contributed by atoms with Crippen LogP contribution in [0.2, 0.25) is 0 Å². The zero-order chi connectivity index (χ0) is 10.1. The maximum atomic E-state index is 11.2. The van der Waals surface area contributed by atoms with Crippen LogP contribution in [0.1, 0.15) is 10.4 Å². The SMILES string of the molecule is COC(=O)c1cnc2c(Br)c[nH]c2c1. The number of hydrogen-bond donors (Lipinski definition) is 1. The third kappa shape index (κ3) is 1.39. The molecule has 2 rings (SSSR count). The highest BCUT2D eigenvalue weighted by Crippen LogP contribution is 2.21. The van der Waals surface area contributed by atoms with Crippen LogP contribution in [-0.2, 0) is 4.74 Å². The quantitative estimate of drug-likeness (QED) is 0.794. The fourth-order valence-corrected chi connectivity index (χ4v) is 1.63. The van der Waals surface area contributed by atoms with Crippen LogP contribution in [-0.4, -0.2) is 23.0 Å². The largest absolute Gasteiger partial charge is 0.465 e. The molecule has 0 radical (unpaired) electrons. The molecule has 72 valence electrons. The van der Waals surface area contributed by atoms with Gasteiger partial charge in [-0.05, 0) is 22.0 Å². The van der Waals surface area contributed by atoms with Crippen molar-refractivity contribution in [3.05, 3.63) is 28.5 Å². The van der Waals surface area contributed by atoms with Crippen molar-refractivity contribution in [3.63, 3.8) is 0 Å². The van der Waals surface area contributed by atoms with Crippen LogP contribution in [0, 0.1) is 0 Å². The van der Waals surface area contributed by atoms with Gasteiger partial charge in [-0.3, -0.25) is 4.98 Å². The number of aromatic nitrogens is 2. The van der Waals surface area contributed by atoms with E-state index in [1.165, 1.54) is 13.3 Å². The number of halogens is 1. The molecule has 0 atom stereocenters. The van der Waals surface area contributed by atoms with Gasteiger partial charge in [0.1, 0.15) is 5.52 Å². The first-order chi connectivity index (χ1) is 6.72. The molecule has 0 bridgehead atoms. The van der Waals surface area contributed by atoms with Crippen LogP contribution >= 0.6 is 15.9 Å². The minimum absolute atomic E-state index is 0.384. The molecule has 0 aliphatic heterocycles. The summed E-state index contributed by atoms with van der Waals surface area (Å²) in [6.45, 7) is 0. The number of pyridine rings is 1. The van der Waals surface area contributed by atoms with E-state index in [0.717, 1.165) is 15.5 Å². The van der Waals surface area contributed by atoms with E-state index >= 15 is 0 Å². The second kappa shape index (κ2) is 3.42. The third-order valence-corrected chi connectivity index (χ3v) is 2.49. The zero-order valence-electron chi connectivity index (χ0n) is 7.37. The van der Waals surface area contributed by atoms with E-state index in [0.29, 0.717) is 5.56 Å². The smallest absolute Gasteiger partial charge is 0.339 e. The number of esters is 1. The molecule has 0 fully saturated rings. The molecule has 5 heteroatoms. The van der Waals surface area contributed by atoms with Crippen LogP contribution in [0.25, 0.3) is 11.0 Å². The predicted octanol–water partition coefficient (Wildman–Crippen LogP) is 2.11. The van der Waals surface area contributed by atoms with Gasteiger partial charge in [-0.25, -0.2) is 4.79 Å². The van der Waals surface area contributed by atoms with Gasteiger partial charge in [0.15, 0.2) is 0 Å². The molecule has 0 saturated carbocycles. The Labute approximate surface area is 88.4 Å². The van der Waals surface area contributed by atoms with Crippen molar-refractivity contribution in [1.82, 2.24) is 9.97 Å². The maximum absolute atomic E-state index is 11.2. The standard InChI is InChI=1S/C9H7BrN2O2/c1-14-9(13)5-2-7-8(12-3-5)6(10)4-11-7/h2-4,11H,1H3. The number of methoxy groups -OCH3 is 1. The van der Waals surface area contributed by atoms with Gasteiger partial charge in [0.2, 0.25) is 0 Å². The first-order valence-corrected chi connectivity index (χ1v) is 4.72. The Kier molecular flexibility index (Phi) is 2.25. The second-order valence-electron chi connectivity index (χ2n) is 2.75. The Hall–Kier alpha value is -1.36. The normalized spacial score (nSPS) is 10.4. The molecule has 0 saturated heterocycles. The molecule has 0 spiro atoms. The van der Waals surface area contributed by atoms with Crippen LogP contribution in [0.3, 0.4) is 0 Å². The summed E-state index contributed by atoms with van der Waals surface area (Å²) >= 11 is 3.34. The van der Waals surface area contributed by atoms with Crippen LogP contribution in [0.15, 0.2) is 22.9 Å². The van der Waals surface area contributed by atoms with E-state index in [4.69, 9.17) is 0 Å². The monoisotopic (exact) mass is 254 g/mol. The number of carbonyl (C=O) groups excluding carboxylic acids is 1. The average Bonchev–Trinajstić information content (AvgIpc) is 2.59. The molecular formula is C9H7BrN2O2. The summed E-state index contributed by atoms with van der Waals surface area (Å²) in [5, 5.41) is 0. The molecule has 2 aromatic heterocycles. The van der Waals surface area contributed by atoms with Gasteiger partial charge in [0.05, 0.1) is 22.7 Å². The molecule has 0 amide bonds. The highest BCUT2D eigenvalue weighted by molar-refractivity contribution is 9.10. The van der Waals surface area contributed by atoms with Crippen molar-refractivity contribution in [2.75, 3.05) is 7.11 Å². The molecule has 4 nitrogen and oxygen atoms in total. The lowest BCUT2D eigenvalue weighted by Gasteiger charge is -1.97. The first kappa shape index (κ1) is 9.21. The topological polar surface area (TPSA) is 55.0 Å². The summed E-state index contributed by atoms with van der Waals surface area (Å²) in [6.07, 6.45) is 3.27. The number of fused-ring (bicyclic) bond motifs is 1. The van der Waals surface area contributed by atoms with Gasteiger partial charge in [-0.1, -0.05) is 0 Å². The van der Waals surface area contributed by atoms with Gasteiger partial charge in [0.25, 0.3) is 0 Å². The highest BCUT2D eigenvalue weighted by Gasteiger charge is 2.08. The minimum atomic E-state index is -0.384. The van der Waals surface area contributed by atoms with E-state index in [-0.39, 0.29) is 5.97 Å². The lowest BCUT2D eigenvalue weighted by molar-refractivity contribution is 0.0600. The number of aromatic amines is 1. The van der Waals surface area contributed by atoms with Crippen molar-refractivity contribution in [3.8, 4) is 0 Å². The Balaban J connectivity index is 2.57. The Morgan fingerprint density at radius 2 is 2.43 bits per heavy atom. The van der Waals surface area contributed by atoms with E-state index in [9.17, 15) is 4.79 Å². The van der Waals surface area contributed by atoms with Gasteiger partial charge < -0.3 is 9.72 Å². The first-order valence-electron chi connectivity index (χ1n) is 3.93. The zero-order valence-corrected chi connectivity index (χ0v) is 8.96. The van der Waals surface area contributed by atoms with Gasteiger partial charge in [0, 0.05) is 12.4 Å². The lowest BCUT2D eigenvalue weighted by Crippen LogP contribution is -2.01. The molecule has 0 aliphatic carbocycles. The molecule has 2 aromatic rings. The number of ether oxygens (including phenoxy) is 1. The maximum Gasteiger partial charge on any atom is 0.339 e. The molecule has 0 aromatic carbocycles. The number of nitrogens with zero attached hydrogens (tertiary/aromatic N) is 1. The Bertz CT molecular complexity index is 493. The number of hydrogen-bond acceptors (Lipinski definition) is 3. The van der Waals surface area contributed by atoms with Crippen molar-refractivity contribution in [1.29, 1.82) is 0 Å². The molecule has 2 heterocycles. The van der Waals surface area contributed by atoms with Crippen molar-refractivity contribution < 1.29 is 9.53 Å². The molecule has 0 unspecified atom stereocenters. The minimum Gasteiger partial charge on any atom is -0.465 e. The lowest BCUT2D eigenvalue weighted by atomic mass is 10.2. The summed E-state index contributed by atoms with van der Waals surface area (Å²) in [4.78, 5) is 18.3. The summed E-state index contributed by atoms with van der Waals surface area (Å²) in [5.41, 5.74) is 2.05. The average molecular weight is 255 g/mol. The molecule has 0 aliphatic rings. The fourth-order valence-electron chi connectivity index (χ4n) is 1.20. The third-order valence-electron chi connectivity index (χ3n) is 1.89. The molecular weight excluding hydrogens is 248 g/mol. The summed E-state index contributed by atoms with van der Waals surface area (Å²) < 4.78 is 5.47. The number of nitrogens with one attached hydrogen (secondary N) is 1. The van der Waals surface area contributed by atoms with Crippen LogP contribution < -0.4 is 0 Å². The molecule has 14 heavy (non-hydrogen) atoms.